The van der Waals surface area contributed by atoms with Gasteiger partial charge in [0.15, 0.2) is 0 Å². The van der Waals surface area contributed by atoms with E-state index < -0.39 is 17.6 Å². The van der Waals surface area contributed by atoms with E-state index in [9.17, 15) is 9.59 Å². The lowest BCUT2D eigenvalue weighted by molar-refractivity contribution is 0.0557. The largest absolute Gasteiger partial charge is 0.443 e. The zero-order valence-corrected chi connectivity index (χ0v) is 20.7. The molecular formula is C30H25N3O4. The molecule has 0 radical (unpaired) electrons. The number of amides is 2. The van der Waals surface area contributed by atoms with Crippen molar-refractivity contribution in [2.24, 2.45) is 0 Å². The van der Waals surface area contributed by atoms with Crippen LogP contribution in [0.25, 0.3) is 33.6 Å². The molecule has 0 spiro atoms. The average molecular weight is 492 g/mol. The molecule has 2 heterocycles. The van der Waals surface area contributed by atoms with Crippen molar-refractivity contribution in [3.05, 3.63) is 103 Å². The maximum Gasteiger partial charge on any atom is 0.424 e. The normalized spacial score (nSPS) is 11.3. The quantitative estimate of drug-likeness (QED) is 0.266. The van der Waals surface area contributed by atoms with Crippen molar-refractivity contribution >= 4 is 28.8 Å². The molecule has 0 bridgehead atoms. The van der Waals surface area contributed by atoms with Crippen molar-refractivity contribution in [3.63, 3.8) is 0 Å². The second-order valence-electron chi connectivity index (χ2n) is 9.41. The number of benzene rings is 3. The first kappa shape index (κ1) is 23.9. The molecule has 7 nitrogen and oxygen atoms in total. The Morgan fingerprint density at radius 1 is 0.757 bits per heavy atom. The molecule has 2 aromatic heterocycles. The molecule has 0 aliphatic heterocycles. The van der Waals surface area contributed by atoms with Crippen molar-refractivity contribution in [2.75, 3.05) is 4.90 Å². The first-order valence-corrected chi connectivity index (χ1v) is 11.8. The molecule has 0 N–H and O–H groups in total. The Bertz CT molecular complexity index is 1570. The van der Waals surface area contributed by atoms with E-state index in [0.29, 0.717) is 22.3 Å². The van der Waals surface area contributed by atoms with Crippen LogP contribution in [-0.4, -0.2) is 27.6 Å². The monoisotopic (exact) mass is 491 g/mol. The van der Waals surface area contributed by atoms with Crippen LogP contribution in [0.5, 0.6) is 0 Å². The number of carbonyl (C=O) groups is 2. The second kappa shape index (κ2) is 9.70. The Morgan fingerprint density at radius 3 is 2.05 bits per heavy atom. The fraction of sp³-hybridized carbons (Fsp3) is 0.133. The van der Waals surface area contributed by atoms with Crippen molar-refractivity contribution in [1.29, 1.82) is 0 Å². The van der Waals surface area contributed by atoms with Crippen LogP contribution < -0.4 is 4.90 Å². The van der Waals surface area contributed by atoms with Crippen LogP contribution in [0.2, 0.25) is 0 Å². The van der Waals surface area contributed by atoms with Gasteiger partial charge in [0, 0.05) is 16.5 Å². The number of hydrogen-bond acceptors (Lipinski definition) is 6. The fourth-order valence-electron chi connectivity index (χ4n) is 3.82. The summed E-state index contributed by atoms with van der Waals surface area (Å²) >= 11 is 0. The molecule has 0 aliphatic rings. The first-order chi connectivity index (χ1) is 17.8. The van der Waals surface area contributed by atoms with Crippen LogP contribution in [0.15, 0.2) is 101 Å². The van der Waals surface area contributed by atoms with E-state index in [-0.39, 0.29) is 17.5 Å². The van der Waals surface area contributed by atoms with E-state index in [0.717, 1.165) is 10.3 Å². The summed E-state index contributed by atoms with van der Waals surface area (Å²) in [5, 5.41) is 0.874. The van der Waals surface area contributed by atoms with Gasteiger partial charge < -0.3 is 9.15 Å². The van der Waals surface area contributed by atoms with E-state index in [4.69, 9.17) is 9.15 Å². The number of hydrogen-bond donors (Lipinski definition) is 0. The maximum atomic E-state index is 13.9. The molecule has 37 heavy (non-hydrogen) atoms. The molecule has 0 fully saturated rings. The molecule has 0 atom stereocenters. The zero-order chi connectivity index (χ0) is 26.0. The van der Waals surface area contributed by atoms with Gasteiger partial charge in [-0.05, 0) is 45.0 Å². The Morgan fingerprint density at radius 2 is 1.38 bits per heavy atom. The Hall–Kier alpha value is -4.78. The van der Waals surface area contributed by atoms with Gasteiger partial charge in [0.2, 0.25) is 11.8 Å². The van der Waals surface area contributed by atoms with Gasteiger partial charge in [-0.25, -0.2) is 14.8 Å². The number of ether oxygens (including phenoxy) is 1. The van der Waals surface area contributed by atoms with Crippen LogP contribution in [0, 0.1) is 0 Å². The van der Waals surface area contributed by atoms with Gasteiger partial charge in [-0.2, -0.15) is 4.90 Å². The SMILES string of the molecule is CC(C)(C)OC(=O)N(C(=O)c1ccc2ccccc2n1)c1oc(-c2ccccc2)nc1-c1ccccc1. The van der Waals surface area contributed by atoms with Crippen LogP contribution >= 0.6 is 0 Å². The Labute approximate surface area is 214 Å². The predicted octanol–water partition coefficient (Wildman–Crippen LogP) is 7.14. The molecular weight excluding hydrogens is 466 g/mol. The summed E-state index contributed by atoms with van der Waals surface area (Å²) in [5.41, 5.74) is 1.55. The molecule has 5 rings (SSSR count). The number of nitrogens with zero attached hydrogens (tertiary/aromatic N) is 3. The van der Waals surface area contributed by atoms with Crippen molar-refractivity contribution in [3.8, 4) is 22.7 Å². The number of rotatable bonds is 4. The van der Waals surface area contributed by atoms with Gasteiger partial charge in [-0.15, -0.1) is 0 Å². The maximum absolute atomic E-state index is 13.9. The van der Waals surface area contributed by atoms with E-state index in [1.54, 1.807) is 39.0 Å². The minimum atomic E-state index is -0.889. The standard InChI is InChI=1S/C30H25N3O4/c1-30(2,3)37-29(35)33(27(34)24-19-18-20-12-10-11-17-23(20)31-24)28-25(21-13-6-4-7-14-21)32-26(36-28)22-15-8-5-9-16-22/h4-19H,1-3H3. The number of imide groups is 1. The summed E-state index contributed by atoms with van der Waals surface area (Å²) in [6.45, 7) is 5.20. The first-order valence-electron chi connectivity index (χ1n) is 11.8. The topological polar surface area (TPSA) is 85.5 Å². The number of pyridine rings is 1. The van der Waals surface area contributed by atoms with Crippen molar-refractivity contribution in [2.45, 2.75) is 26.4 Å². The highest BCUT2D eigenvalue weighted by atomic mass is 16.6. The van der Waals surface area contributed by atoms with Gasteiger partial charge in [0.05, 0.1) is 5.52 Å². The summed E-state index contributed by atoms with van der Waals surface area (Å²) in [6.07, 6.45) is -0.889. The van der Waals surface area contributed by atoms with Gasteiger partial charge in [-0.3, -0.25) is 4.79 Å². The molecule has 184 valence electrons. The van der Waals surface area contributed by atoms with Gasteiger partial charge >= 0.3 is 6.09 Å². The number of aromatic nitrogens is 2. The average Bonchev–Trinajstić information content (AvgIpc) is 3.33. The summed E-state index contributed by atoms with van der Waals surface area (Å²) < 4.78 is 11.8. The highest BCUT2D eigenvalue weighted by Gasteiger charge is 2.36. The van der Waals surface area contributed by atoms with Gasteiger partial charge in [0.25, 0.3) is 5.91 Å². The summed E-state index contributed by atoms with van der Waals surface area (Å²) in [5.74, 6) is -0.463. The molecule has 0 saturated carbocycles. The number of fused-ring (bicyclic) bond motifs is 1. The van der Waals surface area contributed by atoms with Crippen molar-refractivity contribution in [1.82, 2.24) is 9.97 Å². The third-order valence-corrected chi connectivity index (χ3v) is 5.48. The number of oxazole rings is 1. The smallest absolute Gasteiger partial charge is 0.424 e. The number of para-hydroxylation sites is 1. The van der Waals surface area contributed by atoms with Gasteiger partial charge in [-0.1, -0.05) is 72.8 Å². The third-order valence-electron chi connectivity index (χ3n) is 5.48. The van der Waals surface area contributed by atoms with Crippen molar-refractivity contribution < 1.29 is 18.7 Å². The third kappa shape index (κ3) is 5.11. The highest BCUT2D eigenvalue weighted by molar-refractivity contribution is 6.19. The van der Waals surface area contributed by atoms with Crippen LogP contribution in [0.1, 0.15) is 31.3 Å². The van der Waals surface area contributed by atoms with E-state index in [2.05, 4.69) is 9.97 Å². The van der Waals surface area contributed by atoms with Crippen LogP contribution in [-0.2, 0) is 4.74 Å². The van der Waals surface area contributed by atoms with Crippen LogP contribution in [0.4, 0.5) is 10.7 Å². The lowest BCUT2D eigenvalue weighted by Gasteiger charge is -2.25. The highest BCUT2D eigenvalue weighted by Crippen LogP contribution is 2.36. The fourth-order valence-corrected chi connectivity index (χ4v) is 3.82. The zero-order valence-electron chi connectivity index (χ0n) is 20.7. The summed E-state index contributed by atoms with van der Waals surface area (Å²) in [4.78, 5) is 37.5. The minimum Gasteiger partial charge on any atom is -0.443 e. The molecule has 3 aromatic carbocycles. The van der Waals surface area contributed by atoms with Crippen LogP contribution in [0.3, 0.4) is 0 Å². The van der Waals surface area contributed by atoms with E-state index in [1.165, 1.54) is 0 Å². The second-order valence-corrected chi connectivity index (χ2v) is 9.41. The number of carbonyl (C=O) groups excluding carboxylic acids is 2. The Kier molecular flexibility index (Phi) is 6.27. The molecule has 0 saturated heterocycles. The minimum absolute atomic E-state index is 0.0424. The Balaban J connectivity index is 1.69. The van der Waals surface area contributed by atoms with E-state index >= 15 is 0 Å². The van der Waals surface area contributed by atoms with Gasteiger partial charge in [0.1, 0.15) is 17.0 Å². The molecule has 0 aliphatic carbocycles. The molecule has 7 heteroatoms. The van der Waals surface area contributed by atoms with E-state index in [1.807, 2.05) is 78.9 Å². The molecule has 0 unspecified atom stereocenters. The lowest BCUT2D eigenvalue weighted by atomic mass is 10.1. The predicted molar refractivity (Wildman–Crippen MR) is 142 cm³/mol. The number of anilines is 1. The summed E-state index contributed by atoms with van der Waals surface area (Å²) in [6, 6.07) is 29.3. The molecule has 5 aromatic rings. The molecule has 2 amide bonds. The lowest BCUT2D eigenvalue weighted by Crippen LogP contribution is -2.41. The summed E-state index contributed by atoms with van der Waals surface area (Å²) in [7, 11) is 0.